The average molecular weight is 346 g/mol. The van der Waals surface area contributed by atoms with Gasteiger partial charge in [-0.3, -0.25) is 4.79 Å². The van der Waals surface area contributed by atoms with Crippen LogP contribution in [0.5, 0.6) is 5.75 Å². The first-order valence-electron chi connectivity index (χ1n) is 8.20. The van der Waals surface area contributed by atoms with E-state index in [1.807, 2.05) is 6.92 Å². The van der Waals surface area contributed by atoms with Crippen molar-refractivity contribution in [2.45, 2.75) is 13.0 Å². The molecule has 1 aliphatic heterocycles. The number of carbonyl (C=O) groups is 1. The number of hydrogen-bond donors (Lipinski definition) is 1. The first-order valence-corrected chi connectivity index (χ1v) is 8.20. The highest BCUT2D eigenvalue weighted by Gasteiger charge is 2.26. The van der Waals surface area contributed by atoms with E-state index in [-0.39, 0.29) is 17.7 Å². The molecule has 3 rings (SSSR count). The van der Waals surface area contributed by atoms with Gasteiger partial charge in [0.25, 0.3) is 5.91 Å². The Morgan fingerprint density at radius 2 is 2.08 bits per heavy atom. The number of ether oxygens (including phenoxy) is 1. The fraction of sp³-hybridized carbons (Fsp3) is 0.500. The molecule has 1 saturated heterocycles. The van der Waals surface area contributed by atoms with Crippen LogP contribution in [0.3, 0.4) is 0 Å². The SMILES string of the molecule is COCC(C)n1nnnc1N1CCN(C(=O)c2cccc(O)c2)CC1. The lowest BCUT2D eigenvalue weighted by Gasteiger charge is -2.35. The summed E-state index contributed by atoms with van der Waals surface area (Å²) in [6, 6.07) is 6.45. The molecular formula is C16H22N6O3. The largest absolute Gasteiger partial charge is 0.508 e. The number of aromatic hydroxyl groups is 1. The van der Waals surface area contributed by atoms with Crippen molar-refractivity contribution in [2.24, 2.45) is 0 Å². The second-order valence-corrected chi connectivity index (χ2v) is 6.06. The summed E-state index contributed by atoms with van der Waals surface area (Å²) < 4.78 is 6.91. The van der Waals surface area contributed by atoms with Gasteiger partial charge in [-0.05, 0) is 35.5 Å². The summed E-state index contributed by atoms with van der Waals surface area (Å²) in [5, 5.41) is 21.5. The predicted molar refractivity (Wildman–Crippen MR) is 90.6 cm³/mol. The third-order valence-electron chi connectivity index (χ3n) is 4.24. The highest BCUT2D eigenvalue weighted by atomic mass is 16.5. The van der Waals surface area contributed by atoms with E-state index in [0.29, 0.717) is 44.3 Å². The predicted octanol–water partition coefficient (Wildman–Crippen LogP) is 0.548. The molecule has 2 aromatic rings. The van der Waals surface area contributed by atoms with E-state index in [1.165, 1.54) is 6.07 Å². The molecule has 1 aromatic heterocycles. The third kappa shape index (κ3) is 3.71. The van der Waals surface area contributed by atoms with Gasteiger partial charge in [-0.1, -0.05) is 11.2 Å². The zero-order valence-corrected chi connectivity index (χ0v) is 14.4. The van der Waals surface area contributed by atoms with E-state index in [2.05, 4.69) is 20.4 Å². The minimum atomic E-state index is -0.0807. The number of anilines is 1. The molecule has 1 unspecified atom stereocenters. The number of methoxy groups -OCH3 is 1. The van der Waals surface area contributed by atoms with E-state index >= 15 is 0 Å². The zero-order valence-electron chi connectivity index (χ0n) is 14.4. The van der Waals surface area contributed by atoms with Crippen molar-refractivity contribution >= 4 is 11.9 Å². The minimum Gasteiger partial charge on any atom is -0.508 e. The number of rotatable bonds is 5. The molecule has 2 heterocycles. The molecule has 134 valence electrons. The number of piperazine rings is 1. The Morgan fingerprint density at radius 1 is 1.32 bits per heavy atom. The molecule has 25 heavy (non-hydrogen) atoms. The summed E-state index contributed by atoms with van der Waals surface area (Å²) in [7, 11) is 1.65. The monoisotopic (exact) mass is 346 g/mol. The molecular weight excluding hydrogens is 324 g/mol. The highest BCUT2D eigenvalue weighted by Crippen LogP contribution is 2.19. The highest BCUT2D eigenvalue weighted by molar-refractivity contribution is 5.94. The third-order valence-corrected chi connectivity index (χ3v) is 4.24. The molecule has 1 N–H and O–H groups in total. The van der Waals surface area contributed by atoms with Gasteiger partial charge in [0.15, 0.2) is 0 Å². The number of carbonyl (C=O) groups excluding carboxylic acids is 1. The van der Waals surface area contributed by atoms with E-state index in [1.54, 1.807) is 34.9 Å². The van der Waals surface area contributed by atoms with Crippen molar-refractivity contribution in [3.8, 4) is 5.75 Å². The van der Waals surface area contributed by atoms with Gasteiger partial charge in [0.2, 0.25) is 5.95 Å². The van der Waals surface area contributed by atoms with Crippen LogP contribution in [0, 0.1) is 0 Å². The molecule has 0 saturated carbocycles. The number of benzene rings is 1. The molecule has 1 fully saturated rings. The van der Waals surface area contributed by atoms with Crippen LogP contribution in [0.2, 0.25) is 0 Å². The molecule has 0 bridgehead atoms. The van der Waals surface area contributed by atoms with Gasteiger partial charge in [0, 0.05) is 38.9 Å². The Bertz CT molecular complexity index is 726. The standard InChI is InChI=1S/C16H22N6O3/c1-12(11-25-2)22-16(17-18-19-22)21-8-6-20(7-9-21)15(24)13-4-3-5-14(23)10-13/h3-5,10,12,23H,6-9,11H2,1-2H3. The number of amides is 1. The molecule has 1 aliphatic rings. The first kappa shape index (κ1) is 17.2. The van der Waals surface area contributed by atoms with Crippen molar-refractivity contribution in [1.82, 2.24) is 25.1 Å². The lowest BCUT2D eigenvalue weighted by atomic mass is 10.1. The van der Waals surface area contributed by atoms with Gasteiger partial charge in [-0.25, -0.2) is 4.68 Å². The van der Waals surface area contributed by atoms with Gasteiger partial charge in [-0.15, -0.1) is 0 Å². The maximum atomic E-state index is 12.5. The Morgan fingerprint density at radius 3 is 2.76 bits per heavy atom. The number of hydrogen-bond acceptors (Lipinski definition) is 7. The van der Waals surface area contributed by atoms with E-state index in [0.717, 1.165) is 0 Å². The van der Waals surface area contributed by atoms with Crippen LogP contribution in [0.25, 0.3) is 0 Å². The van der Waals surface area contributed by atoms with Crippen LogP contribution in [0.4, 0.5) is 5.95 Å². The summed E-state index contributed by atoms with van der Waals surface area (Å²) in [5.74, 6) is 0.702. The lowest BCUT2D eigenvalue weighted by molar-refractivity contribution is 0.0745. The Balaban J connectivity index is 1.64. The maximum absolute atomic E-state index is 12.5. The second kappa shape index (κ2) is 7.47. The number of nitrogens with zero attached hydrogens (tertiary/aromatic N) is 6. The second-order valence-electron chi connectivity index (χ2n) is 6.06. The summed E-state index contributed by atoms with van der Waals surface area (Å²) in [6.07, 6.45) is 0. The Hall–Kier alpha value is -2.68. The molecule has 1 amide bonds. The maximum Gasteiger partial charge on any atom is 0.254 e. The molecule has 1 atom stereocenters. The van der Waals surface area contributed by atoms with Crippen molar-refractivity contribution in [1.29, 1.82) is 0 Å². The number of phenols is 1. The molecule has 0 radical (unpaired) electrons. The van der Waals surface area contributed by atoms with Crippen LogP contribution in [-0.2, 0) is 4.74 Å². The Labute approximate surface area is 145 Å². The van der Waals surface area contributed by atoms with Crippen LogP contribution in [0.1, 0.15) is 23.3 Å². The molecule has 9 heteroatoms. The Kier molecular flexibility index (Phi) is 5.13. The lowest BCUT2D eigenvalue weighted by Crippen LogP contribution is -2.49. The van der Waals surface area contributed by atoms with Crippen molar-refractivity contribution in [2.75, 3.05) is 44.8 Å². The van der Waals surface area contributed by atoms with Crippen molar-refractivity contribution in [3.63, 3.8) is 0 Å². The van der Waals surface area contributed by atoms with Crippen molar-refractivity contribution in [3.05, 3.63) is 29.8 Å². The van der Waals surface area contributed by atoms with Gasteiger partial charge in [0.1, 0.15) is 5.75 Å². The first-order chi connectivity index (χ1) is 12.1. The van der Waals surface area contributed by atoms with Gasteiger partial charge in [0.05, 0.1) is 12.6 Å². The minimum absolute atomic E-state index is 0.0296. The molecule has 0 spiro atoms. The number of aromatic nitrogens is 4. The van der Waals surface area contributed by atoms with E-state index < -0.39 is 0 Å². The van der Waals surface area contributed by atoms with Crippen LogP contribution < -0.4 is 4.90 Å². The van der Waals surface area contributed by atoms with Crippen LogP contribution >= 0.6 is 0 Å². The number of phenolic OH excluding ortho intramolecular Hbond substituents is 1. The summed E-state index contributed by atoms with van der Waals surface area (Å²) in [4.78, 5) is 16.4. The normalized spacial score (nSPS) is 16.1. The molecule has 9 nitrogen and oxygen atoms in total. The topological polar surface area (TPSA) is 96.6 Å². The fourth-order valence-corrected chi connectivity index (χ4v) is 2.93. The van der Waals surface area contributed by atoms with Crippen molar-refractivity contribution < 1.29 is 14.6 Å². The molecule has 0 aliphatic carbocycles. The van der Waals surface area contributed by atoms with Gasteiger partial charge >= 0.3 is 0 Å². The average Bonchev–Trinajstić information content (AvgIpc) is 3.11. The smallest absolute Gasteiger partial charge is 0.254 e. The zero-order chi connectivity index (χ0) is 17.8. The van der Waals surface area contributed by atoms with Gasteiger partial charge in [-0.2, -0.15) is 0 Å². The van der Waals surface area contributed by atoms with E-state index in [4.69, 9.17) is 4.74 Å². The summed E-state index contributed by atoms with van der Waals surface area (Å²) in [5.41, 5.74) is 0.493. The number of tetrazole rings is 1. The van der Waals surface area contributed by atoms with E-state index in [9.17, 15) is 9.90 Å². The quantitative estimate of drug-likeness (QED) is 0.844. The van der Waals surface area contributed by atoms with Crippen LogP contribution in [-0.4, -0.2) is 76.0 Å². The fourth-order valence-electron chi connectivity index (χ4n) is 2.93. The summed E-state index contributed by atoms with van der Waals surface area (Å²) in [6.45, 7) is 4.94. The summed E-state index contributed by atoms with van der Waals surface area (Å²) >= 11 is 0. The molecule has 1 aromatic carbocycles. The van der Waals surface area contributed by atoms with Crippen LogP contribution in [0.15, 0.2) is 24.3 Å². The van der Waals surface area contributed by atoms with Gasteiger partial charge < -0.3 is 19.6 Å².